The summed E-state index contributed by atoms with van der Waals surface area (Å²) in [5, 5.41) is 143. The summed E-state index contributed by atoms with van der Waals surface area (Å²) in [4.78, 5) is 25.3. The molecule has 0 aromatic heterocycles. The topological polar surface area (TPSA) is 404 Å². The molecule has 25 atom stereocenters. The fourth-order valence-electron chi connectivity index (χ4n) is 7.70. The van der Waals surface area contributed by atoms with Gasteiger partial charge < -0.3 is 120 Å². The Kier molecular flexibility index (Phi) is 16.9. The van der Waals surface area contributed by atoms with Crippen LogP contribution in [0.2, 0.25) is 0 Å². The molecule has 5 aliphatic heterocycles. The lowest BCUT2D eigenvalue weighted by molar-refractivity contribution is -0.386. The number of aliphatic hydroxyl groups is 13. The van der Waals surface area contributed by atoms with Crippen LogP contribution >= 0.6 is 0 Å². The Morgan fingerprint density at radius 3 is 1.15 bits per heavy atom. The van der Waals surface area contributed by atoms with E-state index in [2.05, 4.69) is 10.6 Å². The van der Waals surface area contributed by atoms with E-state index in [9.17, 15) is 76.0 Å². The second kappa shape index (κ2) is 20.7. The van der Waals surface area contributed by atoms with E-state index in [1.165, 1.54) is 13.8 Å². The molecule has 26 heteroatoms. The average Bonchev–Trinajstić information content (AvgIpc) is 3.20. The number of nitrogens with one attached hydrogen (secondary N) is 2. The van der Waals surface area contributed by atoms with Crippen molar-refractivity contribution in [2.45, 2.75) is 181 Å². The van der Waals surface area contributed by atoms with Crippen LogP contribution in [0.4, 0.5) is 0 Å². The van der Waals surface area contributed by atoms with Gasteiger partial charge in [-0.05, 0) is 13.8 Å². The molecule has 0 aromatic rings. The smallest absolute Gasteiger partial charge is 0.217 e. The zero-order valence-electron chi connectivity index (χ0n) is 32.9. The lowest BCUT2D eigenvalue weighted by Crippen LogP contribution is -2.71. The van der Waals surface area contributed by atoms with E-state index in [0.717, 1.165) is 13.8 Å². The molecule has 0 spiro atoms. The summed E-state index contributed by atoms with van der Waals surface area (Å²) in [5.41, 5.74) is 0. The van der Waals surface area contributed by atoms with Gasteiger partial charge in [0.1, 0.15) is 110 Å². The fourth-order valence-corrected chi connectivity index (χ4v) is 7.70. The molecule has 5 rings (SSSR count). The van der Waals surface area contributed by atoms with Crippen LogP contribution in [0.1, 0.15) is 27.7 Å². The maximum absolute atomic E-state index is 12.7. The molecule has 5 saturated heterocycles. The Hall–Kier alpha value is -1.94. The summed E-state index contributed by atoms with van der Waals surface area (Å²) in [7, 11) is 0. The second-order valence-corrected chi connectivity index (χ2v) is 15.4. The summed E-state index contributed by atoms with van der Waals surface area (Å²) in [5.74, 6) is -1.57. The molecular weight excluding hydrogens is 820 g/mol. The molecule has 5 fully saturated rings. The van der Waals surface area contributed by atoms with Gasteiger partial charge in [-0.25, -0.2) is 0 Å². The number of ether oxygens (including phenoxy) is 9. The summed E-state index contributed by atoms with van der Waals surface area (Å²) >= 11 is 0. The van der Waals surface area contributed by atoms with E-state index in [-0.39, 0.29) is 0 Å². The predicted molar refractivity (Wildman–Crippen MR) is 187 cm³/mol. The summed E-state index contributed by atoms with van der Waals surface area (Å²) in [6.45, 7) is 2.04. The molecular formula is C34H58N2O24. The Balaban J connectivity index is 1.48. The SMILES string of the molecule is CC(=O)N[C@H]1[C@@H](O[C@H]2[C@@H](O)[C@@H](CO)O[C@H](O)[C@@H]2O[C@@H]2O[C@@H](C)[C@@H](O)[C@@H](O)[C@@H]2O)O[C@H](CO)[C@H](O)[C@@H]1O[C@H]1O[C@H](CO)[C@@H](O)[C@H](O[C@@H]2O[C@@H](C)[C@@H](O)[C@@H](O)[C@@H]2O)[C@H]1NC(C)=O. The van der Waals surface area contributed by atoms with E-state index in [1.807, 2.05) is 0 Å². The molecule has 0 aliphatic carbocycles. The van der Waals surface area contributed by atoms with Crippen LogP contribution in [0, 0.1) is 0 Å². The third-order valence-corrected chi connectivity index (χ3v) is 11.0. The summed E-state index contributed by atoms with van der Waals surface area (Å²) in [6.07, 6.45) is -39.8. The van der Waals surface area contributed by atoms with Gasteiger partial charge in [0.25, 0.3) is 0 Å². The molecule has 0 unspecified atom stereocenters. The fraction of sp³-hybridized carbons (Fsp3) is 0.941. The summed E-state index contributed by atoms with van der Waals surface area (Å²) < 4.78 is 51.9. The van der Waals surface area contributed by atoms with Crippen LogP contribution < -0.4 is 10.6 Å². The lowest BCUT2D eigenvalue weighted by atomic mass is 9.93. The number of aliphatic hydroxyl groups excluding tert-OH is 13. The van der Waals surface area contributed by atoms with Gasteiger partial charge in [-0.1, -0.05) is 0 Å². The summed E-state index contributed by atoms with van der Waals surface area (Å²) in [6, 6.07) is -3.32. The number of amides is 2. The monoisotopic (exact) mass is 878 g/mol. The van der Waals surface area contributed by atoms with Crippen LogP contribution in [0.5, 0.6) is 0 Å². The molecule has 348 valence electrons. The molecule has 26 nitrogen and oxygen atoms in total. The number of carbonyl (C=O) groups excluding carboxylic acids is 2. The molecule has 0 saturated carbocycles. The van der Waals surface area contributed by atoms with Crippen LogP contribution in [-0.4, -0.2) is 251 Å². The van der Waals surface area contributed by atoms with Crippen LogP contribution in [0.3, 0.4) is 0 Å². The molecule has 0 aromatic carbocycles. The molecule has 0 radical (unpaired) electrons. The zero-order valence-corrected chi connectivity index (χ0v) is 32.9. The van der Waals surface area contributed by atoms with Gasteiger partial charge in [-0.2, -0.15) is 0 Å². The third-order valence-electron chi connectivity index (χ3n) is 11.0. The lowest BCUT2D eigenvalue weighted by Gasteiger charge is -2.51. The first kappa shape index (κ1) is 49.1. The first-order valence-electron chi connectivity index (χ1n) is 19.3. The number of hydrogen-bond donors (Lipinski definition) is 15. The van der Waals surface area contributed by atoms with Crippen LogP contribution in [0.25, 0.3) is 0 Å². The Labute approximate surface area is 342 Å². The van der Waals surface area contributed by atoms with E-state index in [1.54, 1.807) is 0 Å². The van der Waals surface area contributed by atoms with E-state index in [0.29, 0.717) is 0 Å². The highest BCUT2D eigenvalue weighted by atomic mass is 16.8. The van der Waals surface area contributed by atoms with Crippen molar-refractivity contribution in [3.63, 3.8) is 0 Å². The standard InChI is InChI=1S/C34H58N2O24/c1-8-17(42)22(47)24(49)33(52-8)58-27-16(36-11(4)41)31(55-14(7-39)20(27)45)57-26-15(35-10(3)40)32(56-13(6-38)19(26)44)59-28-21(46)12(5-37)54-30(51)29(28)60-34-25(50)23(48)18(43)9(2)53-34/h8-9,12-34,37-39,42-51H,5-7H2,1-4H3,(H,35,40)(H,36,41)/t8-,9-,12+,13+,14+,15+,16+,17+,18+,19-,20+,21-,22+,23+,24-,25-,26+,27+,28-,29+,30-,31+,32+,33-,34-/m0/s1. The highest BCUT2D eigenvalue weighted by Gasteiger charge is 2.57. The normalized spacial score (nSPS) is 50.2. The van der Waals surface area contributed by atoms with Gasteiger partial charge in [0.15, 0.2) is 31.5 Å². The molecule has 5 heterocycles. The maximum atomic E-state index is 12.7. The second-order valence-electron chi connectivity index (χ2n) is 15.4. The van der Waals surface area contributed by atoms with E-state index in [4.69, 9.17) is 42.6 Å². The van der Waals surface area contributed by atoms with E-state index >= 15 is 0 Å². The minimum Gasteiger partial charge on any atom is -0.394 e. The first-order valence-corrected chi connectivity index (χ1v) is 19.3. The van der Waals surface area contributed by atoms with Crippen molar-refractivity contribution in [1.29, 1.82) is 0 Å². The predicted octanol–water partition coefficient (Wildman–Crippen LogP) is -9.58. The van der Waals surface area contributed by atoms with Gasteiger partial charge in [-0.3, -0.25) is 9.59 Å². The number of hydrogen-bond acceptors (Lipinski definition) is 24. The van der Waals surface area contributed by atoms with E-state index < -0.39 is 185 Å². The third kappa shape index (κ3) is 10.4. The van der Waals surface area contributed by atoms with Crippen molar-refractivity contribution in [3.05, 3.63) is 0 Å². The minimum atomic E-state index is -2.06. The molecule has 60 heavy (non-hydrogen) atoms. The number of carbonyl (C=O) groups is 2. The van der Waals surface area contributed by atoms with Gasteiger partial charge in [-0.15, -0.1) is 0 Å². The van der Waals surface area contributed by atoms with Crippen molar-refractivity contribution in [2.75, 3.05) is 19.8 Å². The van der Waals surface area contributed by atoms with Gasteiger partial charge in [0.05, 0.1) is 32.0 Å². The molecule has 5 aliphatic rings. The molecule has 15 N–H and O–H groups in total. The largest absolute Gasteiger partial charge is 0.394 e. The minimum absolute atomic E-state index is 0.769. The van der Waals surface area contributed by atoms with Gasteiger partial charge in [0, 0.05) is 13.8 Å². The van der Waals surface area contributed by atoms with Gasteiger partial charge in [0.2, 0.25) is 11.8 Å². The Morgan fingerprint density at radius 2 is 0.767 bits per heavy atom. The van der Waals surface area contributed by atoms with Crippen molar-refractivity contribution in [2.24, 2.45) is 0 Å². The van der Waals surface area contributed by atoms with Crippen LogP contribution in [-0.2, 0) is 52.2 Å². The quantitative estimate of drug-likeness (QED) is 0.0817. The Morgan fingerprint density at radius 1 is 0.433 bits per heavy atom. The first-order chi connectivity index (χ1) is 28.2. The van der Waals surface area contributed by atoms with Crippen molar-refractivity contribution >= 4 is 11.8 Å². The van der Waals surface area contributed by atoms with Crippen molar-refractivity contribution in [1.82, 2.24) is 10.6 Å². The van der Waals surface area contributed by atoms with Gasteiger partial charge >= 0.3 is 0 Å². The zero-order chi connectivity index (χ0) is 44.5. The number of rotatable bonds is 13. The van der Waals surface area contributed by atoms with Crippen molar-refractivity contribution in [3.8, 4) is 0 Å². The highest BCUT2D eigenvalue weighted by Crippen LogP contribution is 2.36. The average molecular weight is 879 g/mol. The molecule has 2 amide bonds. The van der Waals surface area contributed by atoms with Crippen LogP contribution in [0.15, 0.2) is 0 Å². The van der Waals surface area contributed by atoms with Crippen molar-refractivity contribution < 1.29 is 119 Å². The Bertz CT molecular complexity index is 1410. The highest BCUT2D eigenvalue weighted by molar-refractivity contribution is 5.73. The molecule has 0 bridgehead atoms. The maximum Gasteiger partial charge on any atom is 0.217 e.